The number of amides is 1. The highest BCUT2D eigenvalue weighted by Crippen LogP contribution is 2.22. The number of aromatic hydroxyl groups is 1. The standard InChI is InChI=1S/C18H19NO2/c1-12-10-16(20)8-9-17(12)18(21)19-15-7-6-13-4-2-3-5-14(13)11-15/h2-5,8-10,15,20H,6-7,11H2,1H3,(H,19,21). The molecule has 0 aliphatic heterocycles. The molecule has 0 aromatic heterocycles. The topological polar surface area (TPSA) is 49.3 Å². The molecule has 1 unspecified atom stereocenters. The maximum Gasteiger partial charge on any atom is 0.251 e. The summed E-state index contributed by atoms with van der Waals surface area (Å²) in [5, 5.41) is 12.5. The molecule has 3 nitrogen and oxygen atoms in total. The van der Waals surface area contributed by atoms with Gasteiger partial charge in [-0.15, -0.1) is 0 Å². The molecule has 2 aromatic rings. The highest BCUT2D eigenvalue weighted by molar-refractivity contribution is 5.96. The van der Waals surface area contributed by atoms with Crippen molar-refractivity contribution in [1.82, 2.24) is 5.32 Å². The highest BCUT2D eigenvalue weighted by Gasteiger charge is 2.21. The minimum Gasteiger partial charge on any atom is -0.508 e. The van der Waals surface area contributed by atoms with Crippen LogP contribution in [-0.2, 0) is 12.8 Å². The number of aryl methyl sites for hydroxylation is 2. The summed E-state index contributed by atoms with van der Waals surface area (Å²) in [6, 6.07) is 13.4. The Morgan fingerprint density at radius 2 is 1.95 bits per heavy atom. The second-order valence-electron chi connectivity index (χ2n) is 5.68. The van der Waals surface area contributed by atoms with E-state index in [0.29, 0.717) is 5.56 Å². The lowest BCUT2D eigenvalue weighted by Gasteiger charge is -2.25. The molecule has 0 bridgehead atoms. The molecular formula is C18H19NO2. The van der Waals surface area contributed by atoms with Crippen molar-refractivity contribution in [2.75, 3.05) is 0 Å². The number of carbonyl (C=O) groups excluding carboxylic acids is 1. The van der Waals surface area contributed by atoms with E-state index in [0.717, 1.165) is 24.8 Å². The van der Waals surface area contributed by atoms with Gasteiger partial charge in [0.1, 0.15) is 5.75 Å². The Balaban J connectivity index is 1.71. The van der Waals surface area contributed by atoms with Crippen molar-refractivity contribution in [3.05, 3.63) is 64.7 Å². The molecule has 0 heterocycles. The molecule has 108 valence electrons. The van der Waals surface area contributed by atoms with Crippen LogP contribution in [-0.4, -0.2) is 17.1 Å². The number of hydrogen-bond donors (Lipinski definition) is 2. The molecule has 0 spiro atoms. The van der Waals surface area contributed by atoms with E-state index in [9.17, 15) is 9.90 Å². The average Bonchev–Trinajstić information content (AvgIpc) is 2.47. The van der Waals surface area contributed by atoms with Crippen LogP contribution in [0.5, 0.6) is 5.75 Å². The Hall–Kier alpha value is -2.29. The predicted octanol–water partition coefficient (Wildman–Crippen LogP) is 2.99. The summed E-state index contributed by atoms with van der Waals surface area (Å²) in [6.07, 6.45) is 2.87. The van der Waals surface area contributed by atoms with Crippen molar-refractivity contribution in [2.24, 2.45) is 0 Å². The number of rotatable bonds is 2. The van der Waals surface area contributed by atoms with E-state index in [4.69, 9.17) is 0 Å². The van der Waals surface area contributed by atoms with E-state index >= 15 is 0 Å². The fourth-order valence-corrected chi connectivity index (χ4v) is 2.99. The summed E-state index contributed by atoms with van der Waals surface area (Å²) in [6.45, 7) is 1.84. The van der Waals surface area contributed by atoms with Crippen molar-refractivity contribution in [2.45, 2.75) is 32.2 Å². The quantitative estimate of drug-likeness (QED) is 0.889. The smallest absolute Gasteiger partial charge is 0.251 e. The zero-order valence-electron chi connectivity index (χ0n) is 12.1. The van der Waals surface area contributed by atoms with Crippen molar-refractivity contribution >= 4 is 5.91 Å². The van der Waals surface area contributed by atoms with Crippen LogP contribution in [0.15, 0.2) is 42.5 Å². The van der Waals surface area contributed by atoms with E-state index < -0.39 is 0 Å². The fraction of sp³-hybridized carbons (Fsp3) is 0.278. The first kappa shape index (κ1) is 13.7. The average molecular weight is 281 g/mol. The summed E-state index contributed by atoms with van der Waals surface area (Å²) in [7, 11) is 0. The van der Waals surface area contributed by atoms with Crippen LogP contribution in [0.3, 0.4) is 0 Å². The van der Waals surface area contributed by atoms with Crippen LogP contribution in [0.2, 0.25) is 0 Å². The monoisotopic (exact) mass is 281 g/mol. The molecule has 1 amide bonds. The molecule has 1 aliphatic carbocycles. The maximum atomic E-state index is 12.4. The molecule has 1 aliphatic rings. The third-order valence-electron chi connectivity index (χ3n) is 4.14. The van der Waals surface area contributed by atoms with Crippen molar-refractivity contribution in [1.29, 1.82) is 0 Å². The Morgan fingerprint density at radius 1 is 1.19 bits per heavy atom. The first-order valence-electron chi connectivity index (χ1n) is 7.31. The minimum atomic E-state index is -0.0584. The van der Waals surface area contributed by atoms with Gasteiger partial charge in [-0.25, -0.2) is 0 Å². The maximum absolute atomic E-state index is 12.4. The second kappa shape index (κ2) is 5.60. The normalized spacial score (nSPS) is 17.1. The van der Waals surface area contributed by atoms with Gasteiger partial charge in [0.15, 0.2) is 0 Å². The molecule has 0 saturated heterocycles. The largest absolute Gasteiger partial charge is 0.508 e. The summed E-state index contributed by atoms with van der Waals surface area (Å²) in [4.78, 5) is 12.4. The number of phenols is 1. The van der Waals surface area contributed by atoms with Gasteiger partial charge in [-0.3, -0.25) is 4.79 Å². The summed E-state index contributed by atoms with van der Waals surface area (Å²) in [5.74, 6) is 0.132. The fourth-order valence-electron chi connectivity index (χ4n) is 2.99. The number of carbonyl (C=O) groups is 1. The van der Waals surface area contributed by atoms with Crippen LogP contribution in [0, 0.1) is 6.92 Å². The highest BCUT2D eigenvalue weighted by atomic mass is 16.3. The van der Waals surface area contributed by atoms with Gasteiger partial charge in [-0.05, 0) is 61.1 Å². The van der Waals surface area contributed by atoms with E-state index in [1.807, 2.05) is 13.0 Å². The summed E-state index contributed by atoms with van der Waals surface area (Å²) >= 11 is 0. The van der Waals surface area contributed by atoms with E-state index in [1.54, 1.807) is 18.2 Å². The molecule has 2 aromatic carbocycles. The van der Waals surface area contributed by atoms with Crippen LogP contribution < -0.4 is 5.32 Å². The van der Waals surface area contributed by atoms with E-state index in [1.165, 1.54) is 11.1 Å². The Bertz CT molecular complexity index is 679. The summed E-state index contributed by atoms with van der Waals surface area (Å²) < 4.78 is 0. The lowest BCUT2D eigenvalue weighted by atomic mass is 9.88. The first-order chi connectivity index (χ1) is 10.1. The molecule has 3 heteroatoms. The van der Waals surface area contributed by atoms with Crippen molar-refractivity contribution in [3.8, 4) is 5.75 Å². The van der Waals surface area contributed by atoms with Gasteiger partial charge in [0.05, 0.1) is 0 Å². The predicted molar refractivity (Wildman–Crippen MR) is 82.6 cm³/mol. The Kier molecular flexibility index (Phi) is 3.65. The molecule has 0 saturated carbocycles. The van der Waals surface area contributed by atoms with Gasteiger partial charge in [0.2, 0.25) is 0 Å². The molecule has 0 radical (unpaired) electrons. The molecule has 3 rings (SSSR count). The third kappa shape index (κ3) is 2.92. The number of hydrogen-bond acceptors (Lipinski definition) is 2. The number of nitrogens with one attached hydrogen (secondary N) is 1. The van der Waals surface area contributed by atoms with Gasteiger partial charge >= 0.3 is 0 Å². The van der Waals surface area contributed by atoms with Crippen LogP contribution >= 0.6 is 0 Å². The number of phenolic OH excluding ortho intramolecular Hbond substituents is 1. The van der Waals surface area contributed by atoms with Crippen LogP contribution in [0.1, 0.15) is 33.5 Å². The van der Waals surface area contributed by atoms with E-state index in [2.05, 4.69) is 23.5 Å². The van der Waals surface area contributed by atoms with Gasteiger partial charge in [-0.2, -0.15) is 0 Å². The number of fused-ring (bicyclic) bond motifs is 1. The molecule has 2 N–H and O–H groups in total. The van der Waals surface area contributed by atoms with Gasteiger partial charge in [0.25, 0.3) is 5.91 Å². The zero-order chi connectivity index (χ0) is 14.8. The lowest BCUT2D eigenvalue weighted by molar-refractivity contribution is 0.0933. The SMILES string of the molecule is Cc1cc(O)ccc1C(=O)NC1CCc2ccccc2C1. The number of benzene rings is 2. The Morgan fingerprint density at radius 3 is 2.71 bits per heavy atom. The van der Waals surface area contributed by atoms with Gasteiger partial charge in [0, 0.05) is 11.6 Å². The van der Waals surface area contributed by atoms with Crippen LogP contribution in [0.25, 0.3) is 0 Å². The van der Waals surface area contributed by atoms with Crippen LogP contribution in [0.4, 0.5) is 0 Å². The summed E-state index contributed by atoms with van der Waals surface area (Å²) in [5.41, 5.74) is 4.15. The second-order valence-corrected chi connectivity index (χ2v) is 5.68. The molecule has 0 fully saturated rings. The minimum absolute atomic E-state index is 0.0584. The van der Waals surface area contributed by atoms with Gasteiger partial charge in [-0.1, -0.05) is 24.3 Å². The molecular weight excluding hydrogens is 262 g/mol. The van der Waals surface area contributed by atoms with Crippen molar-refractivity contribution < 1.29 is 9.90 Å². The Labute approximate surface area is 124 Å². The molecule has 1 atom stereocenters. The lowest BCUT2D eigenvalue weighted by Crippen LogP contribution is -2.39. The van der Waals surface area contributed by atoms with Gasteiger partial charge < -0.3 is 10.4 Å². The molecule has 21 heavy (non-hydrogen) atoms. The zero-order valence-corrected chi connectivity index (χ0v) is 12.1. The first-order valence-corrected chi connectivity index (χ1v) is 7.31. The third-order valence-corrected chi connectivity index (χ3v) is 4.14. The van der Waals surface area contributed by atoms with E-state index in [-0.39, 0.29) is 17.7 Å². The van der Waals surface area contributed by atoms with Crippen molar-refractivity contribution in [3.63, 3.8) is 0 Å².